The predicted molar refractivity (Wildman–Crippen MR) is 63.9 cm³/mol. The molecule has 94 valence electrons. The van der Waals surface area contributed by atoms with Crippen LogP contribution in [0.5, 0.6) is 0 Å². The monoisotopic (exact) mass is 259 g/mol. The Morgan fingerprint density at radius 3 is 3.24 bits per heavy atom. The smallest absolute Gasteiger partial charge is 0.239 e. The van der Waals surface area contributed by atoms with Crippen molar-refractivity contribution in [2.24, 2.45) is 5.84 Å². The Bertz CT molecular complexity index is 392. The molecule has 1 saturated heterocycles. The second-order valence-corrected chi connectivity index (χ2v) is 4.04. The van der Waals surface area contributed by atoms with Crippen molar-refractivity contribution in [3.8, 4) is 0 Å². The first kappa shape index (κ1) is 12.3. The fourth-order valence-corrected chi connectivity index (χ4v) is 1.88. The minimum Gasteiger partial charge on any atom is -0.394 e. The number of nitrogens with zero attached hydrogens (tertiary/aromatic N) is 3. The van der Waals surface area contributed by atoms with E-state index in [2.05, 4.69) is 15.4 Å². The van der Waals surface area contributed by atoms with Gasteiger partial charge in [-0.3, -0.25) is 5.43 Å². The van der Waals surface area contributed by atoms with Crippen LogP contribution >= 0.6 is 11.6 Å². The third-order valence-corrected chi connectivity index (χ3v) is 2.76. The molecule has 7 nitrogen and oxygen atoms in total. The van der Waals surface area contributed by atoms with E-state index in [9.17, 15) is 0 Å². The Kier molecular flexibility index (Phi) is 3.95. The normalized spacial score (nSPS) is 20.4. The molecule has 2 heterocycles. The average Bonchev–Trinajstić information content (AvgIpc) is 2.39. The minimum absolute atomic E-state index is 0.0266. The number of halogens is 1. The topological polar surface area (TPSA) is 96.5 Å². The third-order valence-electron chi connectivity index (χ3n) is 2.50. The number of nitrogen functional groups attached to an aromatic ring is 1. The van der Waals surface area contributed by atoms with Crippen molar-refractivity contribution in [3.63, 3.8) is 0 Å². The number of anilines is 2. The molecule has 1 unspecified atom stereocenters. The minimum atomic E-state index is -0.218. The van der Waals surface area contributed by atoms with E-state index >= 15 is 0 Å². The molecule has 0 amide bonds. The number of aromatic nitrogens is 2. The molecule has 0 aromatic carbocycles. The van der Waals surface area contributed by atoms with Gasteiger partial charge in [0.25, 0.3) is 0 Å². The van der Waals surface area contributed by atoms with Gasteiger partial charge < -0.3 is 14.7 Å². The Morgan fingerprint density at radius 1 is 1.71 bits per heavy atom. The van der Waals surface area contributed by atoms with Gasteiger partial charge in [-0.2, -0.15) is 4.98 Å². The number of hydrogen-bond donors (Lipinski definition) is 3. The Hall–Kier alpha value is -1.15. The van der Waals surface area contributed by atoms with Crippen LogP contribution in [0.3, 0.4) is 0 Å². The maximum Gasteiger partial charge on any atom is 0.239 e. The van der Waals surface area contributed by atoms with E-state index in [0.29, 0.717) is 36.5 Å². The van der Waals surface area contributed by atoms with Crippen LogP contribution in [0.25, 0.3) is 0 Å². The van der Waals surface area contributed by atoms with Crippen LogP contribution in [-0.4, -0.2) is 47.5 Å². The van der Waals surface area contributed by atoms with Crippen molar-refractivity contribution < 1.29 is 9.84 Å². The van der Waals surface area contributed by atoms with E-state index in [4.69, 9.17) is 27.3 Å². The lowest BCUT2D eigenvalue weighted by Crippen LogP contribution is -2.44. The number of hydrogen-bond acceptors (Lipinski definition) is 7. The summed E-state index contributed by atoms with van der Waals surface area (Å²) in [5.74, 6) is 6.15. The molecule has 17 heavy (non-hydrogen) atoms. The summed E-state index contributed by atoms with van der Waals surface area (Å²) in [7, 11) is 0. The molecule has 0 spiro atoms. The molecule has 1 aliphatic heterocycles. The Labute approximate surface area is 104 Å². The lowest BCUT2D eigenvalue weighted by atomic mass is 10.3. The zero-order valence-corrected chi connectivity index (χ0v) is 9.89. The molecular formula is C9H14ClN5O2. The molecule has 4 N–H and O–H groups in total. The van der Waals surface area contributed by atoms with Gasteiger partial charge in [-0.05, 0) is 0 Å². The second kappa shape index (κ2) is 5.46. The number of hydrazine groups is 1. The maximum atomic E-state index is 9.08. The first-order chi connectivity index (χ1) is 8.24. The summed E-state index contributed by atoms with van der Waals surface area (Å²) in [6.07, 6.45) is 1.27. The second-order valence-electron chi connectivity index (χ2n) is 3.63. The number of aliphatic hydroxyl groups is 1. The molecule has 0 bridgehead atoms. The summed E-state index contributed by atoms with van der Waals surface area (Å²) < 4.78 is 5.36. The van der Waals surface area contributed by atoms with Crippen molar-refractivity contribution in [1.29, 1.82) is 0 Å². The number of morpholine rings is 1. The fraction of sp³-hybridized carbons (Fsp3) is 0.556. The van der Waals surface area contributed by atoms with E-state index in [1.807, 2.05) is 4.90 Å². The van der Waals surface area contributed by atoms with Gasteiger partial charge in [0.1, 0.15) is 5.02 Å². The number of nitrogens with one attached hydrogen (secondary N) is 1. The quantitative estimate of drug-likeness (QED) is 0.503. The maximum absolute atomic E-state index is 9.08. The lowest BCUT2D eigenvalue weighted by molar-refractivity contribution is 0.00337. The standard InChI is InChI=1S/C9H14ClN5O2/c10-7-3-12-9(14-11)13-8(7)15-1-2-17-6(4-15)5-16/h3,6,16H,1-2,4-5,11H2,(H,12,13,14). The average molecular weight is 260 g/mol. The summed E-state index contributed by atoms with van der Waals surface area (Å²) in [4.78, 5) is 10.0. The van der Waals surface area contributed by atoms with Crippen LogP contribution in [0.1, 0.15) is 0 Å². The van der Waals surface area contributed by atoms with Crippen LogP contribution in [0, 0.1) is 0 Å². The zero-order chi connectivity index (χ0) is 12.3. The molecule has 1 aromatic heterocycles. The first-order valence-corrected chi connectivity index (χ1v) is 5.59. The van der Waals surface area contributed by atoms with Crippen molar-refractivity contribution in [2.45, 2.75) is 6.10 Å². The summed E-state index contributed by atoms with van der Waals surface area (Å²) in [5, 5.41) is 9.52. The van der Waals surface area contributed by atoms with E-state index in [1.165, 1.54) is 6.20 Å². The summed E-state index contributed by atoms with van der Waals surface area (Å²) in [6, 6.07) is 0. The van der Waals surface area contributed by atoms with Gasteiger partial charge >= 0.3 is 0 Å². The highest BCUT2D eigenvalue weighted by Crippen LogP contribution is 2.25. The zero-order valence-electron chi connectivity index (χ0n) is 9.14. The van der Waals surface area contributed by atoms with E-state index in [-0.39, 0.29) is 12.7 Å². The van der Waals surface area contributed by atoms with Gasteiger partial charge in [-0.25, -0.2) is 10.8 Å². The van der Waals surface area contributed by atoms with Crippen molar-refractivity contribution in [1.82, 2.24) is 9.97 Å². The molecule has 0 aliphatic carbocycles. The Balaban J connectivity index is 2.20. The predicted octanol–water partition coefficient (Wildman–Crippen LogP) is -0.387. The molecule has 1 aromatic rings. The number of rotatable bonds is 3. The third kappa shape index (κ3) is 2.75. The van der Waals surface area contributed by atoms with Gasteiger partial charge in [0.05, 0.1) is 25.5 Å². The van der Waals surface area contributed by atoms with E-state index < -0.39 is 0 Å². The molecule has 8 heteroatoms. The summed E-state index contributed by atoms with van der Waals surface area (Å²) in [6.45, 7) is 1.70. The fourth-order valence-electron chi connectivity index (χ4n) is 1.67. The van der Waals surface area contributed by atoms with Gasteiger partial charge in [0, 0.05) is 13.1 Å². The van der Waals surface area contributed by atoms with Crippen LogP contribution in [0.15, 0.2) is 6.20 Å². The van der Waals surface area contributed by atoms with Crippen LogP contribution in [-0.2, 0) is 4.74 Å². The Morgan fingerprint density at radius 2 is 2.53 bits per heavy atom. The number of nitrogens with two attached hydrogens (primary N) is 1. The molecule has 1 aliphatic rings. The summed E-state index contributed by atoms with van der Waals surface area (Å²) >= 11 is 6.04. The molecule has 0 radical (unpaired) electrons. The van der Waals surface area contributed by atoms with E-state index in [1.54, 1.807) is 0 Å². The number of ether oxygens (including phenoxy) is 1. The van der Waals surface area contributed by atoms with Crippen LogP contribution in [0.2, 0.25) is 5.02 Å². The SMILES string of the molecule is NNc1ncc(Cl)c(N2CCOC(CO)C2)n1. The van der Waals surface area contributed by atoms with Gasteiger partial charge in [0.2, 0.25) is 5.95 Å². The van der Waals surface area contributed by atoms with Gasteiger partial charge in [0.15, 0.2) is 5.82 Å². The summed E-state index contributed by atoms with van der Waals surface area (Å²) in [5.41, 5.74) is 2.37. The van der Waals surface area contributed by atoms with Gasteiger partial charge in [-0.15, -0.1) is 0 Å². The highest BCUT2D eigenvalue weighted by molar-refractivity contribution is 6.32. The molecule has 2 rings (SSSR count). The molecule has 1 atom stereocenters. The molecular weight excluding hydrogens is 246 g/mol. The van der Waals surface area contributed by atoms with Crippen molar-refractivity contribution in [3.05, 3.63) is 11.2 Å². The first-order valence-electron chi connectivity index (χ1n) is 5.21. The highest BCUT2D eigenvalue weighted by Gasteiger charge is 2.22. The van der Waals surface area contributed by atoms with Gasteiger partial charge in [-0.1, -0.05) is 11.6 Å². The van der Waals surface area contributed by atoms with Crippen molar-refractivity contribution in [2.75, 3.05) is 36.6 Å². The van der Waals surface area contributed by atoms with Crippen LogP contribution < -0.4 is 16.2 Å². The molecule has 0 saturated carbocycles. The largest absolute Gasteiger partial charge is 0.394 e. The number of aliphatic hydroxyl groups excluding tert-OH is 1. The van der Waals surface area contributed by atoms with Crippen LogP contribution in [0.4, 0.5) is 11.8 Å². The molecule has 1 fully saturated rings. The van der Waals surface area contributed by atoms with E-state index in [0.717, 1.165) is 0 Å². The lowest BCUT2D eigenvalue weighted by Gasteiger charge is -2.33. The van der Waals surface area contributed by atoms with Crippen molar-refractivity contribution >= 4 is 23.4 Å². The highest BCUT2D eigenvalue weighted by atomic mass is 35.5.